The molecule has 0 bridgehead atoms. The standard InChI is InChI=1S/C16H21NO8S/c1-5-26(21,22)7-6-11(16(19)20)17-15(18)10-8-12(23-2)14(25-4)13(9-10)24-3/h8-9H,5-7H2,1-4H3,(H,19,20). The lowest BCUT2D eigenvalue weighted by atomic mass is 10.1. The second-order valence-corrected chi connectivity index (χ2v) is 7.54. The van der Waals surface area contributed by atoms with Gasteiger partial charge in [0.2, 0.25) is 5.75 Å². The zero-order chi connectivity index (χ0) is 19.9. The lowest BCUT2D eigenvalue weighted by molar-refractivity contribution is -0.129. The molecule has 0 atom stereocenters. The number of methoxy groups -OCH3 is 3. The number of carbonyl (C=O) groups excluding carboxylic acids is 1. The van der Waals surface area contributed by atoms with E-state index in [4.69, 9.17) is 14.2 Å². The number of hydrogen-bond donors (Lipinski definition) is 1. The van der Waals surface area contributed by atoms with E-state index in [0.717, 1.165) is 0 Å². The number of amides is 1. The van der Waals surface area contributed by atoms with Crippen LogP contribution in [0.3, 0.4) is 0 Å². The highest BCUT2D eigenvalue weighted by Gasteiger charge is 2.20. The molecular weight excluding hydrogens is 366 g/mol. The number of sulfone groups is 1. The molecule has 0 saturated heterocycles. The lowest BCUT2D eigenvalue weighted by Gasteiger charge is -2.13. The number of benzene rings is 1. The molecule has 1 N–H and O–H groups in total. The summed E-state index contributed by atoms with van der Waals surface area (Å²) in [5.41, 5.74) is -0.530. The SMILES string of the molecule is CCS(=O)(=O)CCC(=NC(=O)c1cc(OC)c(OC)c(OC)c1)C(=O)O. The van der Waals surface area contributed by atoms with Crippen LogP contribution in [0.2, 0.25) is 0 Å². The molecule has 0 radical (unpaired) electrons. The molecule has 1 aromatic rings. The molecule has 0 unspecified atom stereocenters. The Bertz CT molecular complexity index is 789. The number of nitrogens with zero attached hydrogens (tertiary/aromatic N) is 1. The molecule has 0 aliphatic carbocycles. The maximum absolute atomic E-state index is 12.3. The Morgan fingerprint density at radius 2 is 1.62 bits per heavy atom. The van der Waals surface area contributed by atoms with Gasteiger partial charge in [0.25, 0.3) is 5.91 Å². The highest BCUT2D eigenvalue weighted by molar-refractivity contribution is 7.91. The van der Waals surface area contributed by atoms with Crippen molar-refractivity contribution in [1.82, 2.24) is 0 Å². The van der Waals surface area contributed by atoms with E-state index in [1.807, 2.05) is 0 Å². The Labute approximate surface area is 151 Å². The van der Waals surface area contributed by atoms with Gasteiger partial charge in [-0.05, 0) is 12.1 Å². The summed E-state index contributed by atoms with van der Waals surface area (Å²) >= 11 is 0. The number of rotatable bonds is 9. The van der Waals surface area contributed by atoms with E-state index in [-0.39, 0.29) is 35.0 Å². The second-order valence-electron chi connectivity index (χ2n) is 5.07. The Balaban J connectivity index is 3.23. The van der Waals surface area contributed by atoms with Crippen molar-refractivity contribution >= 4 is 27.4 Å². The van der Waals surface area contributed by atoms with Crippen molar-refractivity contribution in [2.45, 2.75) is 13.3 Å². The first-order valence-electron chi connectivity index (χ1n) is 7.54. The number of ether oxygens (including phenoxy) is 3. The van der Waals surface area contributed by atoms with Crippen LogP contribution >= 0.6 is 0 Å². The molecule has 1 amide bonds. The molecule has 9 nitrogen and oxygen atoms in total. The Kier molecular flexibility index (Phi) is 7.56. The van der Waals surface area contributed by atoms with Crippen LogP contribution in [0.5, 0.6) is 17.2 Å². The number of carboxylic acids is 1. The maximum Gasteiger partial charge on any atom is 0.350 e. The van der Waals surface area contributed by atoms with Gasteiger partial charge in [-0.15, -0.1) is 0 Å². The highest BCUT2D eigenvalue weighted by Crippen LogP contribution is 2.38. The van der Waals surface area contributed by atoms with Gasteiger partial charge in [0, 0.05) is 17.7 Å². The van der Waals surface area contributed by atoms with Gasteiger partial charge in [-0.3, -0.25) is 4.79 Å². The third kappa shape index (κ3) is 5.45. The van der Waals surface area contributed by atoms with E-state index in [0.29, 0.717) is 0 Å². The zero-order valence-electron chi connectivity index (χ0n) is 14.9. The van der Waals surface area contributed by atoms with Crippen LogP contribution in [0, 0.1) is 0 Å². The molecule has 0 aliphatic rings. The summed E-state index contributed by atoms with van der Waals surface area (Å²) in [5, 5.41) is 9.18. The molecular formula is C16H21NO8S. The summed E-state index contributed by atoms with van der Waals surface area (Å²) < 4.78 is 38.5. The number of carbonyl (C=O) groups is 2. The van der Waals surface area contributed by atoms with Crippen LogP contribution in [-0.2, 0) is 14.6 Å². The average molecular weight is 387 g/mol. The van der Waals surface area contributed by atoms with Crippen molar-refractivity contribution in [3.63, 3.8) is 0 Å². The summed E-state index contributed by atoms with van der Waals surface area (Å²) in [5.74, 6) is -2.18. The number of carboxylic acid groups (broad SMARTS) is 1. The summed E-state index contributed by atoms with van der Waals surface area (Å²) in [7, 11) is 0.745. The van der Waals surface area contributed by atoms with E-state index in [1.54, 1.807) is 0 Å². The smallest absolute Gasteiger partial charge is 0.350 e. The first kappa shape index (κ1) is 21.4. The van der Waals surface area contributed by atoms with Crippen LogP contribution in [-0.4, -0.2) is 63.9 Å². The van der Waals surface area contributed by atoms with Crippen LogP contribution in [0.25, 0.3) is 0 Å². The molecule has 0 heterocycles. The molecule has 10 heteroatoms. The van der Waals surface area contributed by atoms with Gasteiger partial charge < -0.3 is 19.3 Å². The maximum atomic E-state index is 12.3. The van der Waals surface area contributed by atoms with Crippen molar-refractivity contribution < 1.29 is 37.3 Å². The second kappa shape index (κ2) is 9.18. The van der Waals surface area contributed by atoms with Gasteiger partial charge in [0.05, 0.1) is 27.1 Å². The van der Waals surface area contributed by atoms with Crippen LogP contribution in [0.4, 0.5) is 0 Å². The normalized spacial score (nSPS) is 11.8. The van der Waals surface area contributed by atoms with Crippen LogP contribution in [0.15, 0.2) is 17.1 Å². The van der Waals surface area contributed by atoms with Crippen molar-refractivity contribution in [2.24, 2.45) is 4.99 Å². The molecule has 0 saturated carbocycles. The number of hydrogen-bond acceptors (Lipinski definition) is 7. The molecule has 0 aromatic heterocycles. The Hall–Kier alpha value is -2.62. The summed E-state index contributed by atoms with van der Waals surface area (Å²) in [4.78, 5) is 27.2. The molecule has 144 valence electrons. The minimum absolute atomic E-state index is 0.0107. The van der Waals surface area contributed by atoms with Crippen molar-refractivity contribution in [2.75, 3.05) is 32.8 Å². The molecule has 0 fully saturated rings. The molecule has 1 aromatic carbocycles. The highest BCUT2D eigenvalue weighted by atomic mass is 32.2. The molecule has 26 heavy (non-hydrogen) atoms. The third-order valence-corrected chi connectivity index (χ3v) is 5.19. The van der Waals surface area contributed by atoms with Crippen molar-refractivity contribution in [1.29, 1.82) is 0 Å². The van der Waals surface area contributed by atoms with E-state index in [2.05, 4.69) is 4.99 Å². The topological polar surface area (TPSA) is 129 Å². The van der Waals surface area contributed by atoms with Crippen molar-refractivity contribution in [3.05, 3.63) is 17.7 Å². The van der Waals surface area contributed by atoms with Crippen LogP contribution < -0.4 is 14.2 Å². The van der Waals surface area contributed by atoms with E-state index in [1.165, 1.54) is 40.4 Å². The van der Waals surface area contributed by atoms with Gasteiger partial charge in [-0.1, -0.05) is 6.92 Å². The third-order valence-electron chi connectivity index (χ3n) is 3.48. The van der Waals surface area contributed by atoms with Gasteiger partial charge in [-0.2, -0.15) is 0 Å². The van der Waals surface area contributed by atoms with E-state index < -0.39 is 33.2 Å². The first-order valence-corrected chi connectivity index (χ1v) is 9.36. The largest absolute Gasteiger partial charge is 0.493 e. The summed E-state index contributed by atoms with van der Waals surface area (Å²) in [6.07, 6.45) is -0.373. The molecule has 1 rings (SSSR count). The lowest BCUT2D eigenvalue weighted by Crippen LogP contribution is -2.20. The van der Waals surface area contributed by atoms with Gasteiger partial charge >= 0.3 is 5.97 Å². The minimum Gasteiger partial charge on any atom is -0.493 e. The molecule has 0 spiro atoms. The van der Waals surface area contributed by atoms with Crippen molar-refractivity contribution in [3.8, 4) is 17.2 Å². The number of aliphatic imine (C=N–C) groups is 1. The number of aliphatic carboxylic acids is 1. The summed E-state index contributed by atoms with van der Waals surface area (Å²) in [6.45, 7) is 1.45. The van der Waals surface area contributed by atoms with E-state index in [9.17, 15) is 23.1 Å². The minimum atomic E-state index is -3.39. The Morgan fingerprint density at radius 3 is 2.00 bits per heavy atom. The molecule has 0 aliphatic heterocycles. The fraction of sp³-hybridized carbons (Fsp3) is 0.438. The average Bonchev–Trinajstić information content (AvgIpc) is 2.63. The zero-order valence-corrected chi connectivity index (χ0v) is 15.8. The fourth-order valence-electron chi connectivity index (χ4n) is 2.00. The summed E-state index contributed by atoms with van der Waals surface area (Å²) in [6, 6.07) is 2.66. The predicted molar refractivity (Wildman–Crippen MR) is 94.4 cm³/mol. The van der Waals surface area contributed by atoms with Gasteiger partial charge in [0.1, 0.15) is 15.5 Å². The fourth-order valence-corrected chi connectivity index (χ4v) is 2.79. The van der Waals surface area contributed by atoms with Gasteiger partial charge in [0.15, 0.2) is 11.5 Å². The van der Waals surface area contributed by atoms with Gasteiger partial charge in [-0.25, -0.2) is 18.2 Å². The quantitative estimate of drug-likeness (QED) is 0.626. The predicted octanol–water partition coefficient (Wildman–Crippen LogP) is 1.20. The Morgan fingerprint density at radius 1 is 1.08 bits per heavy atom. The van der Waals surface area contributed by atoms with Crippen LogP contribution in [0.1, 0.15) is 23.7 Å². The van der Waals surface area contributed by atoms with E-state index >= 15 is 0 Å². The first-order chi connectivity index (χ1) is 12.2. The monoisotopic (exact) mass is 387 g/mol.